The molecule has 0 rings (SSSR count). The SMILES string of the molecule is [C-]#N.[C-]#N.[C-]#N.[C-]#N.[Cl][Fe][Br]. The van der Waals surface area contributed by atoms with E-state index in [9.17, 15) is 0 Å². The summed E-state index contributed by atoms with van der Waals surface area (Å²) in [5, 5.41) is 25.0. The molecule has 0 heterocycles. The normalized spacial score (nSPS) is 2.73. The van der Waals surface area contributed by atoms with E-state index in [1.165, 1.54) is 0 Å². The fourth-order valence-corrected chi connectivity index (χ4v) is 0. The molecule has 0 aromatic rings. The van der Waals surface area contributed by atoms with E-state index in [1.807, 2.05) is 0 Å². The first-order valence-electron chi connectivity index (χ1n) is 1.16. The van der Waals surface area contributed by atoms with Crippen LogP contribution in [-0.4, -0.2) is 0 Å². The molecule has 4 nitrogen and oxygen atoms in total. The van der Waals surface area contributed by atoms with E-state index >= 15 is 0 Å². The van der Waals surface area contributed by atoms with Crippen LogP contribution in [0.5, 0.6) is 0 Å². The Morgan fingerprint density at radius 2 is 0.818 bits per heavy atom. The van der Waals surface area contributed by atoms with Crippen LogP contribution in [0.15, 0.2) is 0 Å². The van der Waals surface area contributed by atoms with Crippen molar-refractivity contribution in [2.75, 3.05) is 0 Å². The number of halogens is 2. The van der Waals surface area contributed by atoms with Crippen LogP contribution >= 0.6 is 24.2 Å². The van der Waals surface area contributed by atoms with Gasteiger partial charge >= 0.3 is 36.4 Å². The predicted molar refractivity (Wildman–Crippen MR) is 34.7 cm³/mol. The molecule has 0 aromatic carbocycles. The van der Waals surface area contributed by atoms with Crippen molar-refractivity contribution < 1.29 is 12.2 Å². The fraction of sp³-hybridized carbons (Fsp3) is 0. The molecule has 0 spiro atoms. The summed E-state index contributed by atoms with van der Waals surface area (Å²) < 4.78 is 0. The molecule has 0 aliphatic rings. The van der Waals surface area contributed by atoms with Gasteiger partial charge in [-0.3, -0.25) is 0 Å². The molecule has 0 unspecified atom stereocenters. The molecule has 0 saturated carbocycles. The molecule has 0 N–H and O–H groups in total. The van der Waals surface area contributed by atoms with Gasteiger partial charge in [-0.25, -0.2) is 0 Å². The Morgan fingerprint density at radius 1 is 0.818 bits per heavy atom. The van der Waals surface area contributed by atoms with E-state index in [0.717, 1.165) is 0 Å². The zero-order valence-electron chi connectivity index (χ0n) is 4.90. The van der Waals surface area contributed by atoms with Crippen molar-refractivity contribution >= 4 is 24.2 Å². The Kier molecular flexibility index (Phi) is 29300. The number of nitrogens with zero attached hydrogens (tertiary/aromatic N) is 4. The van der Waals surface area contributed by atoms with E-state index in [4.69, 9.17) is 57.4 Å². The van der Waals surface area contributed by atoms with E-state index in [1.54, 1.807) is 0 Å². The number of hydrogen-bond acceptors (Lipinski definition) is 4. The summed E-state index contributed by atoms with van der Waals surface area (Å²) in [7, 11) is 4.92. The molecule has 0 aromatic heterocycles. The average Bonchev–Trinajstić information content (AvgIpc) is 2.18. The van der Waals surface area contributed by atoms with Crippen LogP contribution in [0.1, 0.15) is 0 Å². The summed E-state index contributed by atoms with van der Waals surface area (Å²) in [6, 6.07) is 0. The van der Waals surface area contributed by atoms with Crippen LogP contribution in [0, 0.1) is 47.3 Å². The Labute approximate surface area is 83.7 Å². The molecule has 0 aliphatic carbocycles. The summed E-state index contributed by atoms with van der Waals surface area (Å²) in [6.07, 6.45) is 0. The summed E-state index contributed by atoms with van der Waals surface area (Å²) in [4.78, 5) is 0. The van der Waals surface area contributed by atoms with Gasteiger partial charge in [-0.05, 0) is 0 Å². The number of rotatable bonds is 0. The van der Waals surface area contributed by atoms with Crippen LogP contribution in [-0.2, 0) is 12.2 Å². The van der Waals surface area contributed by atoms with Crippen molar-refractivity contribution in [1.29, 1.82) is 21.0 Å². The van der Waals surface area contributed by atoms with Gasteiger partial charge < -0.3 is 47.3 Å². The van der Waals surface area contributed by atoms with E-state index in [2.05, 4.69) is 14.1 Å². The molecule has 0 aliphatic heterocycles. The predicted octanol–water partition coefficient (Wildman–Crippen LogP) is 1.92. The van der Waals surface area contributed by atoms with Gasteiger partial charge in [0.1, 0.15) is 0 Å². The van der Waals surface area contributed by atoms with Gasteiger partial charge in [-0.15, -0.1) is 0 Å². The van der Waals surface area contributed by atoms with Gasteiger partial charge in [0.15, 0.2) is 0 Å². The standard InChI is InChI=1S/4CN.BrH.ClH.Fe/c4*1-2;;;/h;;;;2*1H;/q4*-1;;;+2/p-2. The molecule has 11 heavy (non-hydrogen) atoms. The first-order valence-corrected chi connectivity index (χ1v) is 5.41. The summed E-state index contributed by atoms with van der Waals surface area (Å²) in [6.45, 7) is 19.0. The van der Waals surface area contributed by atoms with E-state index in [-0.39, 0.29) is 0 Å². The Hall–Kier alpha value is -0.751. The van der Waals surface area contributed by atoms with Crippen molar-refractivity contribution in [2.45, 2.75) is 0 Å². The third kappa shape index (κ3) is 863. The van der Waals surface area contributed by atoms with Gasteiger partial charge in [0.25, 0.3) is 0 Å². The van der Waals surface area contributed by atoms with Crippen molar-refractivity contribution in [1.82, 2.24) is 0 Å². The molecular weight excluding hydrogens is 275 g/mol. The zero-order valence-corrected chi connectivity index (χ0v) is 8.34. The molecule has 7 heteroatoms. The second-order valence-corrected chi connectivity index (χ2v) is 3.25. The first-order chi connectivity index (χ1) is 5.41. The quantitative estimate of drug-likeness (QED) is 0.498. The van der Waals surface area contributed by atoms with Crippen LogP contribution in [0.25, 0.3) is 0 Å². The molecule has 0 bridgehead atoms. The van der Waals surface area contributed by atoms with Gasteiger partial charge in [0.05, 0.1) is 0 Å². The van der Waals surface area contributed by atoms with Crippen LogP contribution in [0.3, 0.4) is 0 Å². The van der Waals surface area contributed by atoms with Crippen LogP contribution < -0.4 is 0 Å². The minimum atomic E-state index is 0.535. The molecular formula is C4BrClFeN4-4. The van der Waals surface area contributed by atoms with Crippen LogP contribution in [0.2, 0.25) is 0 Å². The molecule has 0 saturated heterocycles. The average molecular weight is 275 g/mol. The fourth-order valence-electron chi connectivity index (χ4n) is 0. The third-order valence-corrected chi connectivity index (χ3v) is 0. The van der Waals surface area contributed by atoms with Gasteiger partial charge in [-0.1, -0.05) is 0 Å². The molecule has 0 radical (unpaired) electrons. The van der Waals surface area contributed by atoms with Crippen molar-refractivity contribution in [3.8, 4) is 0 Å². The Morgan fingerprint density at radius 3 is 0.818 bits per heavy atom. The Bertz CT molecular complexity index is 75.2. The molecule has 62 valence electrons. The summed E-state index contributed by atoms with van der Waals surface area (Å²) in [5.74, 6) is 0. The zero-order chi connectivity index (χ0) is 10.7. The van der Waals surface area contributed by atoms with Crippen LogP contribution in [0.4, 0.5) is 0 Å². The van der Waals surface area contributed by atoms with Gasteiger partial charge in [-0.2, -0.15) is 0 Å². The van der Waals surface area contributed by atoms with Gasteiger partial charge in [0.2, 0.25) is 0 Å². The molecule has 0 atom stereocenters. The summed E-state index contributed by atoms with van der Waals surface area (Å²) in [5.41, 5.74) is 0. The second-order valence-electron chi connectivity index (χ2n) is 0.0505. The topological polar surface area (TPSA) is 95.2 Å². The first kappa shape index (κ1) is 31.8. The van der Waals surface area contributed by atoms with E-state index < -0.39 is 0 Å². The maximum atomic E-state index is 6.25. The third-order valence-electron chi connectivity index (χ3n) is 0. The van der Waals surface area contributed by atoms with Crippen molar-refractivity contribution in [2.24, 2.45) is 0 Å². The monoisotopic (exact) mass is 274 g/mol. The van der Waals surface area contributed by atoms with E-state index in [0.29, 0.717) is 12.2 Å². The minimum absolute atomic E-state index is 0.535. The second kappa shape index (κ2) is 10100. The summed E-state index contributed by atoms with van der Waals surface area (Å²) >= 11 is 3.45. The number of hydrogen-bond donors (Lipinski definition) is 0. The Balaban J connectivity index is -0.0000000139. The van der Waals surface area contributed by atoms with Crippen molar-refractivity contribution in [3.63, 3.8) is 0 Å². The molecule has 0 fully saturated rings. The molecule has 0 amide bonds. The van der Waals surface area contributed by atoms with Crippen molar-refractivity contribution in [3.05, 3.63) is 26.3 Å². The maximum absolute atomic E-state index is 6.25. The van der Waals surface area contributed by atoms with Gasteiger partial charge in [0, 0.05) is 0 Å².